The van der Waals surface area contributed by atoms with Gasteiger partial charge >= 0.3 is 0 Å². The van der Waals surface area contributed by atoms with E-state index in [1.54, 1.807) is 18.2 Å². The van der Waals surface area contributed by atoms with Gasteiger partial charge in [0, 0.05) is 17.7 Å². The summed E-state index contributed by atoms with van der Waals surface area (Å²) >= 11 is 0. The summed E-state index contributed by atoms with van der Waals surface area (Å²) in [7, 11) is -3.14. The average Bonchev–Trinajstić information content (AvgIpc) is 3.41. The number of hydrogen-bond acceptors (Lipinski definition) is 6. The molecule has 0 spiro atoms. The lowest BCUT2D eigenvalue weighted by Crippen LogP contribution is -2.40. The Bertz CT molecular complexity index is 1030. The number of carbonyl (C=O) groups excluding carboxylic acids is 1. The van der Waals surface area contributed by atoms with Crippen LogP contribution in [0.3, 0.4) is 0 Å². The molecule has 1 saturated heterocycles. The van der Waals surface area contributed by atoms with Gasteiger partial charge < -0.3 is 13.8 Å². The molecule has 1 aliphatic heterocycles. The largest absolute Gasteiger partial charge is 0.467 e. The van der Waals surface area contributed by atoms with Crippen LogP contribution in [-0.2, 0) is 16.4 Å². The molecule has 0 N–H and O–H groups in total. The van der Waals surface area contributed by atoms with Gasteiger partial charge in [-0.1, -0.05) is 35.5 Å². The predicted molar refractivity (Wildman–Crippen MR) is 97.6 cm³/mol. The van der Waals surface area contributed by atoms with E-state index < -0.39 is 15.9 Å². The monoisotopic (exact) mass is 386 g/mol. The van der Waals surface area contributed by atoms with Gasteiger partial charge in [0.2, 0.25) is 0 Å². The van der Waals surface area contributed by atoms with Crippen LogP contribution in [-0.4, -0.2) is 41.9 Å². The maximum atomic E-state index is 13.1. The Morgan fingerprint density at radius 3 is 2.67 bits per heavy atom. The molecule has 1 aliphatic rings. The Hall–Kier alpha value is -2.87. The summed E-state index contributed by atoms with van der Waals surface area (Å²) in [6, 6.07) is 14.0. The molecule has 27 heavy (non-hydrogen) atoms. The molecule has 1 amide bonds. The molecule has 2 aromatic heterocycles. The molecule has 4 rings (SSSR count). The molecule has 140 valence electrons. The van der Waals surface area contributed by atoms with Gasteiger partial charge in [0.25, 0.3) is 5.91 Å². The highest BCUT2D eigenvalue weighted by atomic mass is 32.2. The standard InChI is InChI=1S/C19H18N2O5S/c22-19(17-11-18(26-20-17)14-5-2-1-3-6-14)21(12-16-7-4-9-25-16)15-8-10-27(23,24)13-15/h1-7,9,11,15H,8,10,12-13H2. The van der Waals surface area contributed by atoms with Gasteiger partial charge in [0.15, 0.2) is 21.3 Å². The molecule has 3 heterocycles. The number of aromatic nitrogens is 1. The lowest BCUT2D eigenvalue weighted by atomic mass is 10.1. The van der Waals surface area contributed by atoms with Crippen LogP contribution >= 0.6 is 0 Å². The SMILES string of the molecule is O=C(c1cc(-c2ccccc2)on1)N(Cc1ccco1)C1CCS(=O)(=O)C1. The first-order valence-corrected chi connectivity index (χ1v) is 10.4. The Kier molecular flexibility index (Phi) is 4.57. The van der Waals surface area contributed by atoms with E-state index in [-0.39, 0.29) is 29.7 Å². The summed E-state index contributed by atoms with van der Waals surface area (Å²) in [5.74, 6) is 0.714. The van der Waals surface area contributed by atoms with Gasteiger partial charge in [0.05, 0.1) is 24.3 Å². The molecule has 7 nitrogen and oxygen atoms in total. The van der Waals surface area contributed by atoms with Gasteiger partial charge in [-0.25, -0.2) is 8.42 Å². The second kappa shape index (κ2) is 7.03. The van der Waals surface area contributed by atoms with E-state index in [4.69, 9.17) is 8.94 Å². The topological polar surface area (TPSA) is 93.6 Å². The second-order valence-electron chi connectivity index (χ2n) is 6.51. The van der Waals surface area contributed by atoms with Crippen LogP contribution < -0.4 is 0 Å². The van der Waals surface area contributed by atoms with Gasteiger partial charge in [-0.05, 0) is 18.6 Å². The maximum absolute atomic E-state index is 13.1. The third-order valence-corrected chi connectivity index (χ3v) is 6.35. The van der Waals surface area contributed by atoms with E-state index in [9.17, 15) is 13.2 Å². The first-order valence-electron chi connectivity index (χ1n) is 8.58. The minimum absolute atomic E-state index is 0.0527. The molecule has 1 unspecified atom stereocenters. The zero-order valence-corrected chi connectivity index (χ0v) is 15.3. The third kappa shape index (κ3) is 3.80. The zero-order valence-electron chi connectivity index (χ0n) is 14.4. The van der Waals surface area contributed by atoms with Crippen molar-refractivity contribution in [1.82, 2.24) is 10.1 Å². The molecule has 0 aliphatic carbocycles. The van der Waals surface area contributed by atoms with Crippen molar-refractivity contribution >= 4 is 15.7 Å². The second-order valence-corrected chi connectivity index (χ2v) is 8.74. The lowest BCUT2D eigenvalue weighted by Gasteiger charge is -2.26. The quantitative estimate of drug-likeness (QED) is 0.669. The average molecular weight is 386 g/mol. The van der Waals surface area contributed by atoms with E-state index >= 15 is 0 Å². The number of carbonyl (C=O) groups is 1. The third-order valence-electron chi connectivity index (χ3n) is 4.60. The molecule has 3 aromatic rings. The molecule has 1 atom stereocenters. The van der Waals surface area contributed by atoms with Crippen LogP contribution in [0.15, 0.2) is 63.7 Å². The summed E-state index contributed by atoms with van der Waals surface area (Å²) in [5, 5.41) is 3.90. The highest BCUT2D eigenvalue weighted by molar-refractivity contribution is 7.91. The molecule has 0 radical (unpaired) electrons. The van der Waals surface area contributed by atoms with Crippen molar-refractivity contribution in [2.75, 3.05) is 11.5 Å². The number of rotatable bonds is 5. The van der Waals surface area contributed by atoms with E-state index in [1.165, 1.54) is 11.2 Å². The fraction of sp³-hybridized carbons (Fsp3) is 0.263. The van der Waals surface area contributed by atoms with E-state index in [1.807, 2.05) is 30.3 Å². The van der Waals surface area contributed by atoms with Crippen LogP contribution in [0, 0.1) is 0 Å². The number of amides is 1. The summed E-state index contributed by atoms with van der Waals surface area (Å²) in [5.41, 5.74) is 0.954. The normalized spacial score (nSPS) is 18.4. The fourth-order valence-electron chi connectivity index (χ4n) is 3.22. The predicted octanol–water partition coefficient (Wildman–Crippen LogP) is 2.76. The molecule has 0 saturated carbocycles. The zero-order chi connectivity index (χ0) is 18.9. The summed E-state index contributed by atoms with van der Waals surface area (Å²) < 4.78 is 34.5. The summed E-state index contributed by atoms with van der Waals surface area (Å²) in [6.45, 7) is 0.180. The first kappa shape index (κ1) is 17.5. The smallest absolute Gasteiger partial charge is 0.276 e. The van der Waals surface area contributed by atoms with Gasteiger partial charge in [-0.15, -0.1) is 0 Å². The Balaban J connectivity index is 1.61. The lowest BCUT2D eigenvalue weighted by molar-refractivity contribution is 0.0655. The van der Waals surface area contributed by atoms with Crippen LogP contribution in [0.2, 0.25) is 0 Å². The maximum Gasteiger partial charge on any atom is 0.276 e. The number of hydrogen-bond donors (Lipinski definition) is 0. The molecule has 8 heteroatoms. The van der Waals surface area contributed by atoms with Gasteiger partial charge in [-0.2, -0.15) is 0 Å². The highest BCUT2D eigenvalue weighted by Gasteiger charge is 2.36. The number of sulfone groups is 1. The summed E-state index contributed by atoms with van der Waals surface area (Å²) in [4.78, 5) is 14.6. The molecule has 0 bridgehead atoms. The molecule has 1 fully saturated rings. The van der Waals surface area contributed by atoms with E-state index in [2.05, 4.69) is 5.16 Å². The first-order chi connectivity index (χ1) is 13.0. The minimum Gasteiger partial charge on any atom is -0.467 e. The number of nitrogens with zero attached hydrogens (tertiary/aromatic N) is 2. The highest BCUT2D eigenvalue weighted by Crippen LogP contribution is 2.25. The molecule has 1 aromatic carbocycles. The van der Waals surface area contributed by atoms with Gasteiger partial charge in [0.1, 0.15) is 5.76 Å². The summed E-state index contributed by atoms with van der Waals surface area (Å²) in [6.07, 6.45) is 1.92. The molecular weight excluding hydrogens is 368 g/mol. The van der Waals surface area contributed by atoms with Crippen molar-refractivity contribution in [3.63, 3.8) is 0 Å². The number of benzene rings is 1. The van der Waals surface area contributed by atoms with Crippen LogP contribution in [0.5, 0.6) is 0 Å². The fourth-order valence-corrected chi connectivity index (χ4v) is 4.95. The van der Waals surface area contributed by atoms with Crippen LogP contribution in [0.1, 0.15) is 22.7 Å². The minimum atomic E-state index is -3.14. The Morgan fingerprint density at radius 2 is 2.00 bits per heavy atom. The van der Waals surface area contributed by atoms with Crippen molar-refractivity contribution in [3.8, 4) is 11.3 Å². The van der Waals surface area contributed by atoms with Crippen molar-refractivity contribution in [1.29, 1.82) is 0 Å². The van der Waals surface area contributed by atoms with E-state index in [0.29, 0.717) is 17.9 Å². The number of furan rings is 1. The van der Waals surface area contributed by atoms with E-state index in [0.717, 1.165) is 5.56 Å². The van der Waals surface area contributed by atoms with Gasteiger partial charge in [-0.3, -0.25) is 4.79 Å². The Morgan fingerprint density at radius 1 is 1.19 bits per heavy atom. The van der Waals surface area contributed by atoms with Crippen molar-refractivity contribution < 1.29 is 22.2 Å². The Labute approximate surface area is 156 Å². The molecular formula is C19H18N2O5S. The van der Waals surface area contributed by atoms with Crippen molar-refractivity contribution in [2.24, 2.45) is 0 Å². The van der Waals surface area contributed by atoms with Crippen LogP contribution in [0.25, 0.3) is 11.3 Å². The van der Waals surface area contributed by atoms with Crippen LogP contribution in [0.4, 0.5) is 0 Å². The van der Waals surface area contributed by atoms with Crippen molar-refractivity contribution in [2.45, 2.75) is 19.0 Å². The van der Waals surface area contributed by atoms with Crippen molar-refractivity contribution in [3.05, 3.63) is 66.2 Å².